The van der Waals surface area contributed by atoms with Crippen LogP contribution in [-0.4, -0.2) is 51.3 Å². The van der Waals surface area contributed by atoms with Gasteiger partial charge >= 0.3 is 0 Å². The lowest BCUT2D eigenvalue weighted by Gasteiger charge is -2.40. The summed E-state index contributed by atoms with van der Waals surface area (Å²) in [6.45, 7) is 13.3. The summed E-state index contributed by atoms with van der Waals surface area (Å²) in [4.78, 5) is 2.52. The van der Waals surface area contributed by atoms with Gasteiger partial charge in [-0.15, -0.1) is 0 Å². The summed E-state index contributed by atoms with van der Waals surface area (Å²) in [5.74, 6) is 0.798. The summed E-state index contributed by atoms with van der Waals surface area (Å²) in [6.07, 6.45) is 3.70. The van der Waals surface area contributed by atoms with E-state index in [0.717, 1.165) is 32.2 Å². The fourth-order valence-electron chi connectivity index (χ4n) is 2.72. The van der Waals surface area contributed by atoms with Gasteiger partial charge in [-0.2, -0.15) is 0 Å². The Kier molecular flexibility index (Phi) is 7.20. The lowest BCUT2D eigenvalue weighted by atomic mass is 9.79. The highest BCUT2D eigenvalue weighted by atomic mass is 16.5. The normalized spacial score (nSPS) is 19.7. The number of ether oxygens (including phenoxy) is 1. The first-order valence-corrected chi connectivity index (χ1v) is 7.55. The van der Waals surface area contributed by atoms with Crippen LogP contribution in [0.3, 0.4) is 0 Å². The molecule has 1 aliphatic heterocycles. The molecule has 0 radical (unpaired) electrons. The van der Waals surface area contributed by atoms with E-state index in [4.69, 9.17) is 4.74 Å². The van der Waals surface area contributed by atoms with Crippen LogP contribution >= 0.6 is 0 Å². The van der Waals surface area contributed by atoms with Crippen molar-refractivity contribution in [3.05, 3.63) is 0 Å². The Morgan fingerprint density at radius 3 is 2.50 bits per heavy atom. The number of hydrogen-bond acceptors (Lipinski definition) is 3. The minimum atomic E-state index is 0.431. The highest BCUT2D eigenvalue weighted by Crippen LogP contribution is 2.30. The number of nitrogens with one attached hydrogen (secondary N) is 1. The fourth-order valence-corrected chi connectivity index (χ4v) is 2.72. The molecule has 3 heteroatoms. The molecular formula is C15H32N2O. The highest BCUT2D eigenvalue weighted by Gasteiger charge is 2.33. The van der Waals surface area contributed by atoms with Gasteiger partial charge in [-0.1, -0.05) is 20.8 Å². The topological polar surface area (TPSA) is 24.5 Å². The lowest BCUT2D eigenvalue weighted by Crippen LogP contribution is -2.46. The molecule has 0 spiro atoms. The van der Waals surface area contributed by atoms with Gasteiger partial charge in [0.15, 0.2) is 0 Å². The molecule has 0 aromatic heterocycles. The summed E-state index contributed by atoms with van der Waals surface area (Å²) in [6, 6.07) is 0. The first-order valence-electron chi connectivity index (χ1n) is 7.55. The number of hydrogen-bond donors (Lipinski definition) is 1. The second-order valence-corrected chi connectivity index (χ2v) is 6.31. The molecule has 1 aliphatic rings. The summed E-state index contributed by atoms with van der Waals surface area (Å²) >= 11 is 0. The van der Waals surface area contributed by atoms with Crippen LogP contribution in [0.4, 0.5) is 0 Å². The van der Waals surface area contributed by atoms with Gasteiger partial charge in [0.1, 0.15) is 0 Å². The maximum absolute atomic E-state index is 5.54. The van der Waals surface area contributed by atoms with Crippen molar-refractivity contribution >= 4 is 0 Å². The molecule has 108 valence electrons. The van der Waals surface area contributed by atoms with Gasteiger partial charge in [-0.25, -0.2) is 0 Å². The van der Waals surface area contributed by atoms with Gasteiger partial charge in [-0.05, 0) is 50.7 Å². The minimum absolute atomic E-state index is 0.431. The van der Waals surface area contributed by atoms with Crippen molar-refractivity contribution in [1.82, 2.24) is 10.2 Å². The average molecular weight is 256 g/mol. The molecule has 1 N–H and O–H groups in total. The third kappa shape index (κ3) is 5.68. The molecule has 0 atom stereocenters. The maximum atomic E-state index is 5.54. The van der Waals surface area contributed by atoms with E-state index in [1.165, 1.54) is 32.4 Å². The molecule has 1 rings (SSSR count). The molecule has 3 nitrogen and oxygen atoms in total. The predicted octanol–water partition coefficient (Wildman–Crippen LogP) is 2.37. The van der Waals surface area contributed by atoms with Gasteiger partial charge in [0.2, 0.25) is 0 Å². The van der Waals surface area contributed by atoms with Crippen molar-refractivity contribution in [3.63, 3.8) is 0 Å². The van der Waals surface area contributed by atoms with Crippen LogP contribution in [0.1, 0.15) is 40.0 Å². The van der Waals surface area contributed by atoms with E-state index in [1.807, 2.05) is 0 Å². The Hall–Kier alpha value is -0.120. The quantitative estimate of drug-likeness (QED) is 0.721. The van der Waals surface area contributed by atoms with Crippen molar-refractivity contribution in [2.45, 2.75) is 40.0 Å². The first-order chi connectivity index (χ1) is 8.58. The molecular weight excluding hydrogens is 224 g/mol. The molecule has 18 heavy (non-hydrogen) atoms. The van der Waals surface area contributed by atoms with Crippen LogP contribution in [0.15, 0.2) is 0 Å². The zero-order valence-corrected chi connectivity index (χ0v) is 12.8. The largest absolute Gasteiger partial charge is 0.381 e. The molecule has 0 aromatic carbocycles. The summed E-state index contributed by atoms with van der Waals surface area (Å²) < 4.78 is 5.54. The minimum Gasteiger partial charge on any atom is -0.381 e. The Morgan fingerprint density at radius 2 is 1.94 bits per heavy atom. The van der Waals surface area contributed by atoms with Crippen LogP contribution in [0.2, 0.25) is 0 Å². The monoisotopic (exact) mass is 256 g/mol. The van der Waals surface area contributed by atoms with Crippen molar-refractivity contribution in [2.24, 2.45) is 11.3 Å². The molecule has 1 fully saturated rings. The second kappa shape index (κ2) is 8.13. The number of rotatable bonds is 8. The average Bonchev–Trinajstić information content (AvgIpc) is 2.35. The SMILES string of the molecule is CCNCC1(CN(C)CCC(C)C)CCOCC1. The Bertz CT molecular complexity index is 213. The highest BCUT2D eigenvalue weighted by molar-refractivity contribution is 4.86. The van der Waals surface area contributed by atoms with Crippen LogP contribution in [-0.2, 0) is 4.74 Å². The molecule has 0 amide bonds. The third-order valence-electron chi connectivity index (χ3n) is 4.00. The van der Waals surface area contributed by atoms with Gasteiger partial charge in [-0.3, -0.25) is 0 Å². The predicted molar refractivity (Wildman–Crippen MR) is 78.0 cm³/mol. The molecule has 0 aliphatic carbocycles. The second-order valence-electron chi connectivity index (χ2n) is 6.31. The zero-order valence-electron chi connectivity index (χ0n) is 12.8. The molecule has 1 heterocycles. The van der Waals surface area contributed by atoms with Crippen LogP contribution in [0, 0.1) is 11.3 Å². The van der Waals surface area contributed by atoms with E-state index < -0.39 is 0 Å². The summed E-state index contributed by atoms with van der Waals surface area (Å²) in [7, 11) is 2.27. The number of nitrogens with zero attached hydrogens (tertiary/aromatic N) is 1. The lowest BCUT2D eigenvalue weighted by molar-refractivity contribution is -0.000794. The van der Waals surface area contributed by atoms with Crippen molar-refractivity contribution < 1.29 is 4.74 Å². The van der Waals surface area contributed by atoms with Crippen molar-refractivity contribution in [1.29, 1.82) is 0 Å². The van der Waals surface area contributed by atoms with Crippen LogP contribution in [0.25, 0.3) is 0 Å². The van der Waals surface area contributed by atoms with Crippen molar-refractivity contribution in [3.8, 4) is 0 Å². The van der Waals surface area contributed by atoms with Crippen molar-refractivity contribution in [2.75, 3.05) is 46.4 Å². The molecule has 0 saturated carbocycles. The Morgan fingerprint density at radius 1 is 1.28 bits per heavy atom. The Labute approximate surface area is 113 Å². The van der Waals surface area contributed by atoms with Crippen LogP contribution < -0.4 is 5.32 Å². The first kappa shape index (κ1) is 15.9. The van der Waals surface area contributed by atoms with Gasteiger partial charge in [0, 0.05) is 26.3 Å². The van der Waals surface area contributed by atoms with E-state index in [2.05, 4.69) is 38.0 Å². The molecule has 0 aromatic rings. The Balaban J connectivity index is 2.44. The van der Waals surface area contributed by atoms with Gasteiger partial charge in [0.25, 0.3) is 0 Å². The van der Waals surface area contributed by atoms with Gasteiger partial charge in [0.05, 0.1) is 0 Å². The maximum Gasteiger partial charge on any atom is 0.0472 e. The van der Waals surface area contributed by atoms with Gasteiger partial charge < -0.3 is 15.0 Å². The fraction of sp³-hybridized carbons (Fsp3) is 1.00. The van der Waals surface area contributed by atoms with E-state index in [0.29, 0.717) is 5.41 Å². The van der Waals surface area contributed by atoms with E-state index in [1.54, 1.807) is 0 Å². The summed E-state index contributed by atoms with van der Waals surface area (Å²) in [5, 5.41) is 3.55. The summed E-state index contributed by atoms with van der Waals surface area (Å²) in [5.41, 5.74) is 0.431. The third-order valence-corrected chi connectivity index (χ3v) is 4.00. The van der Waals surface area contributed by atoms with Crippen LogP contribution in [0.5, 0.6) is 0 Å². The molecule has 0 unspecified atom stereocenters. The molecule has 1 saturated heterocycles. The van der Waals surface area contributed by atoms with E-state index >= 15 is 0 Å². The van der Waals surface area contributed by atoms with E-state index in [-0.39, 0.29) is 0 Å². The zero-order chi connectivity index (χ0) is 13.4. The standard InChI is InChI=1S/C15H32N2O/c1-5-16-12-15(7-10-18-11-8-15)13-17(4)9-6-14(2)3/h14,16H,5-13H2,1-4H3. The smallest absolute Gasteiger partial charge is 0.0472 e. The molecule has 0 bridgehead atoms. The van der Waals surface area contributed by atoms with E-state index in [9.17, 15) is 0 Å².